The second-order valence-electron chi connectivity index (χ2n) is 4.00. The highest BCUT2D eigenvalue weighted by molar-refractivity contribution is 5.85. The lowest BCUT2D eigenvalue weighted by atomic mass is 10.1. The number of hydrogen-bond donors (Lipinski definition) is 1. The fourth-order valence-corrected chi connectivity index (χ4v) is 1.66. The molecule has 0 fully saturated rings. The standard InChI is InChI=1S/C12H13N3O2/c1-8(2)15-10(7-16)12(13-14-15)9-5-3-4-6-11(9)17/h3-8,17H,1-2H3. The Morgan fingerprint density at radius 1 is 1.35 bits per heavy atom. The SMILES string of the molecule is CC(C)n1nnc(-c2ccccc2O)c1C=O. The van der Waals surface area contributed by atoms with Gasteiger partial charge < -0.3 is 5.11 Å². The summed E-state index contributed by atoms with van der Waals surface area (Å²) >= 11 is 0. The number of aromatic hydroxyl groups is 1. The molecule has 1 aromatic carbocycles. The zero-order chi connectivity index (χ0) is 12.4. The molecule has 1 N–H and O–H groups in total. The maximum atomic E-state index is 11.1. The van der Waals surface area contributed by atoms with Crippen LogP contribution in [0.15, 0.2) is 24.3 Å². The fraction of sp³-hybridized carbons (Fsp3) is 0.250. The Labute approximate surface area is 98.7 Å². The van der Waals surface area contributed by atoms with Gasteiger partial charge in [-0.05, 0) is 26.0 Å². The summed E-state index contributed by atoms with van der Waals surface area (Å²) in [6.07, 6.45) is 0.710. The van der Waals surface area contributed by atoms with E-state index >= 15 is 0 Å². The normalized spacial score (nSPS) is 10.8. The number of nitrogens with zero attached hydrogens (tertiary/aromatic N) is 3. The molecule has 0 saturated carbocycles. The summed E-state index contributed by atoms with van der Waals surface area (Å²) < 4.78 is 1.54. The van der Waals surface area contributed by atoms with Crippen molar-refractivity contribution in [3.05, 3.63) is 30.0 Å². The van der Waals surface area contributed by atoms with Gasteiger partial charge in [-0.15, -0.1) is 5.10 Å². The van der Waals surface area contributed by atoms with Gasteiger partial charge in [-0.25, -0.2) is 4.68 Å². The zero-order valence-electron chi connectivity index (χ0n) is 9.66. The van der Waals surface area contributed by atoms with Crippen molar-refractivity contribution in [1.82, 2.24) is 15.0 Å². The van der Waals surface area contributed by atoms with Crippen LogP contribution in [0.5, 0.6) is 5.75 Å². The Morgan fingerprint density at radius 3 is 2.65 bits per heavy atom. The number of rotatable bonds is 3. The van der Waals surface area contributed by atoms with E-state index in [1.54, 1.807) is 24.3 Å². The Morgan fingerprint density at radius 2 is 2.06 bits per heavy atom. The molecule has 0 aliphatic carbocycles. The maximum absolute atomic E-state index is 11.1. The first-order valence-corrected chi connectivity index (χ1v) is 5.34. The molecular weight excluding hydrogens is 218 g/mol. The summed E-state index contributed by atoms with van der Waals surface area (Å²) in [7, 11) is 0. The summed E-state index contributed by atoms with van der Waals surface area (Å²) in [5.74, 6) is 0.0893. The molecule has 0 bridgehead atoms. The van der Waals surface area contributed by atoms with Gasteiger partial charge in [0.2, 0.25) is 0 Å². The predicted molar refractivity (Wildman–Crippen MR) is 62.9 cm³/mol. The van der Waals surface area contributed by atoms with Gasteiger partial charge in [-0.2, -0.15) is 0 Å². The van der Waals surface area contributed by atoms with Crippen LogP contribution < -0.4 is 0 Å². The molecule has 2 aromatic rings. The minimum atomic E-state index is 0.0438. The number of phenols is 1. The molecule has 0 amide bonds. The summed E-state index contributed by atoms with van der Waals surface area (Å²) in [5, 5.41) is 17.6. The number of carbonyl (C=O) groups is 1. The lowest BCUT2D eigenvalue weighted by Crippen LogP contribution is -2.07. The van der Waals surface area contributed by atoms with E-state index in [-0.39, 0.29) is 11.8 Å². The van der Waals surface area contributed by atoms with Gasteiger partial charge in [0.1, 0.15) is 17.1 Å². The lowest BCUT2D eigenvalue weighted by Gasteiger charge is -2.06. The minimum absolute atomic E-state index is 0.0438. The molecule has 0 radical (unpaired) electrons. The fourth-order valence-electron chi connectivity index (χ4n) is 1.66. The van der Waals surface area contributed by atoms with E-state index in [1.807, 2.05) is 13.8 Å². The van der Waals surface area contributed by atoms with Crippen molar-refractivity contribution in [3.8, 4) is 17.0 Å². The molecule has 0 aliphatic rings. The molecule has 88 valence electrons. The number of carbonyl (C=O) groups excluding carboxylic acids is 1. The van der Waals surface area contributed by atoms with Crippen LogP contribution in [0.2, 0.25) is 0 Å². The van der Waals surface area contributed by atoms with Crippen LogP contribution in [0, 0.1) is 0 Å². The van der Waals surface area contributed by atoms with Crippen molar-refractivity contribution in [2.24, 2.45) is 0 Å². The van der Waals surface area contributed by atoms with Crippen LogP contribution >= 0.6 is 0 Å². The first-order chi connectivity index (χ1) is 8.15. The zero-order valence-corrected chi connectivity index (χ0v) is 9.66. The molecular formula is C12H13N3O2. The van der Waals surface area contributed by atoms with E-state index in [0.717, 1.165) is 0 Å². The van der Waals surface area contributed by atoms with Crippen LogP contribution in [0.3, 0.4) is 0 Å². The molecule has 0 spiro atoms. The second kappa shape index (κ2) is 4.37. The van der Waals surface area contributed by atoms with Crippen molar-refractivity contribution in [3.63, 3.8) is 0 Å². The number of aldehydes is 1. The third-order valence-corrected chi connectivity index (χ3v) is 2.49. The molecule has 2 rings (SSSR count). The van der Waals surface area contributed by atoms with Crippen LogP contribution in [0.1, 0.15) is 30.4 Å². The molecule has 5 nitrogen and oxygen atoms in total. The van der Waals surface area contributed by atoms with Gasteiger partial charge >= 0.3 is 0 Å². The third kappa shape index (κ3) is 1.91. The Bertz CT molecular complexity index is 546. The number of phenolic OH excluding ortho intramolecular Hbond substituents is 1. The van der Waals surface area contributed by atoms with E-state index in [0.29, 0.717) is 23.2 Å². The van der Waals surface area contributed by atoms with Gasteiger partial charge in [0.15, 0.2) is 6.29 Å². The van der Waals surface area contributed by atoms with Crippen LogP contribution in [-0.4, -0.2) is 26.4 Å². The minimum Gasteiger partial charge on any atom is -0.507 e. The van der Waals surface area contributed by atoms with E-state index < -0.39 is 0 Å². The summed E-state index contributed by atoms with van der Waals surface area (Å²) in [6.45, 7) is 3.83. The van der Waals surface area contributed by atoms with E-state index in [1.165, 1.54) is 4.68 Å². The molecule has 0 saturated heterocycles. The van der Waals surface area contributed by atoms with E-state index in [9.17, 15) is 9.90 Å². The van der Waals surface area contributed by atoms with Crippen molar-refractivity contribution in [2.75, 3.05) is 0 Å². The first kappa shape index (κ1) is 11.3. The van der Waals surface area contributed by atoms with Crippen molar-refractivity contribution in [2.45, 2.75) is 19.9 Å². The second-order valence-corrected chi connectivity index (χ2v) is 4.00. The quantitative estimate of drug-likeness (QED) is 0.821. The van der Waals surface area contributed by atoms with E-state index in [4.69, 9.17) is 0 Å². The van der Waals surface area contributed by atoms with Crippen molar-refractivity contribution in [1.29, 1.82) is 0 Å². The van der Waals surface area contributed by atoms with Crippen LogP contribution in [0.25, 0.3) is 11.3 Å². The number of aromatic nitrogens is 3. The highest BCUT2D eigenvalue weighted by atomic mass is 16.3. The molecule has 17 heavy (non-hydrogen) atoms. The van der Waals surface area contributed by atoms with Crippen LogP contribution in [-0.2, 0) is 0 Å². The largest absolute Gasteiger partial charge is 0.507 e. The molecule has 1 heterocycles. The van der Waals surface area contributed by atoms with E-state index in [2.05, 4.69) is 10.3 Å². The molecule has 0 aliphatic heterocycles. The highest BCUT2D eigenvalue weighted by Crippen LogP contribution is 2.29. The third-order valence-electron chi connectivity index (χ3n) is 2.49. The summed E-state index contributed by atoms with van der Waals surface area (Å²) in [4.78, 5) is 11.1. The average Bonchev–Trinajstić information content (AvgIpc) is 2.73. The maximum Gasteiger partial charge on any atom is 0.170 e. The molecule has 1 aromatic heterocycles. The average molecular weight is 231 g/mol. The molecule has 0 atom stereocenters. The predicted octanol–water partition coefficient (Wildman–Crippen LogP) is 2.04. The topological polar surface area (TPSA) is 68.0 Å². The van der Waals surface area contributed by atoms with Crippen molar-refractivity contribution >= 4 is 6.29 Å². The first-order valence-electron chi connectivity index (χ1n) is 5.34. The number of hydrogen-bond acceptors (Lipinski definition) is 4. The summed E-state index contributed by atoms with van der Waals surface area (Å²) in [5.41, 5.74) is 1.30. The smallest absolute Gasteiger partial charge is 0.170 e. The van der Waals surface area contributed by atoms with Gasteiger partial charge in [0.25, 0.3) is 0 Å². The monoisotopic (exact) mass is 231 g/mol. The molecule has 5 heteroatoms. The number of benzene rings is 1. The molecule has 0 unspecified atom stereocenters. The van der Waals surface area contributed by atoms with Crippen molar-refractivity contribution < 1.29 is 9.90 Å². The number of para-hydroxylation sites is 1. The highest BCUT2D eigenvalue weighted by Gasteiger charge is 2.17. The lowest BCUT2D eigenvalue weighted by molar-refractivity contribution is 0.111. The Hall–Kier alpha value is -2.17. The Kier molecular flexibility index (Phi) is 2.91. The Balaban J connectivity index is 2.61. The summed E-state index contributed by atoms with van der Waals surface area (Å²) in [6, 6.07) is 6.79. The van der Waals surface area contributed by atoms with Gasteiger partial charge in [-0.3, -0.25) is 4.79 Å². The van der Waals surface area contributed by atoms with Gasteiger partial charge in [-0.1, -0.05) is 17.3 Å². The van der Waals surface area contributed by atoms with Gasteiger partial charge in [0, 0.05) is 11.6 Å². The van der Waals surface area contributed by atoms with Crippen LogP contribution in [0.4, 0.5) is 0 Å². The van der Waals surface area contributed by atoms with Gasteiger partial charge in [0.05, 0.1) is 0 Å².